The van der Waals surface area contributed by atoms with E-state index in [1.807, 2.05) is 0 Å². The Bertz CT molecular complexity index is 802. The first-order valence-electron chi connectivity index (χ1n) is 5.43. The number of aromatic nitrogens is 5. The van der Waals surface area contributed by atoms with E-state index in [0.717, 1.165) is 0 Å². The molecule has 0 unspecified atom stereocenters. The smallest absolute Gasteiger partial charge is 0.276 e. The summed E-state index contributed by atoms with van der Waals surface area (Å²) in [4.78, 5) is 30.6. The Kier molecular flexibility index (Phi) is 3.21. The lowest BCUT2D eigenvalue weighted by molar-refractivity contribution is 0.102. The number of anilines is 1. The van der Waals surface area contributed by atoms with Crippen LogP contribution in [-0.4, -0.2) is 30.8 Å². The fourth-order valence-electron chi connectivity index (χ4n) is 1.55. The number of fused-ring (bicyclic) bond motifs is 1. The molecule has 0 atom stereocenters. The van der Waals surface area contributed by atoms with Crippen LogP contribution in [0.15, 0.2) is 24.7 Å². The Morgan fingerprint density at radius 3 is 2.90 bits per heavy atom. The maximum Gasteiger partial charge on any atom is 0.276 e. The summed E-state index contributed by atoms with van der Waals surface area (Å²) in [6.07, 6.45) is 2.87. The first kappa shape index (κ1) is 12.8. The van der Waals surface area contributed by atoms with Crippen molar-refractivity contribution < 1.29 is 4.79 Å². The molecule has 0 spiro atoms. The first-order valence-corrected chi connectivity index (χ1v) is 6.18. The molecule has 0 aromatic carbocycles. The van der Waals surface area contributed by atoms with Crippen molar-refractivity contribution in [1.29, 1.82) is 0 Å². The topological polar surface area (TPSA) is 96.5 Å². The number of hydrogen-bond acceptors (Lipinski definition) is 5. The van der Waals surface area contributed by atoms with Crippen molar-refractivity contribution in [2.45, 2.75) is 0 Å². The minimum Gasteiger partial charge on any atom is -0.341 e. The Labute approximate surface area is 122 Å². The average Bonchev–Trinajstić information content (AvgIpc) is 2.87. The number of halogens is 2. The standard InChI is InChI=1S/C11H6Cl2N6O/c12-5-1-2-14-6(3-5)10(20)19-11-17-8(13)7-9(18-11)16-4-15-7/h1-4H,(H2,15,16,17,18,19,20). The van der Waals surface area contributed by atoms with E-state index in [-0.39, 0.29) is 16.8 Å². The third kappa shape index (κ3) is 2.40. The average molecular weight is 309 g/mol. The van der Waals surface area contributed by atoms with Crippen LogP contribution in [0.2, 0.25) is 10.2 Å². The summed E-state index contributed by atoms with van der Waals surface area (Å²) in [7, 11) is 0. The molecule has 2 N–H and O–H groups in total. The summed E-state index contributed by atoms with van der Waals surface area (Å²) >= 11 is 11.7. The summed E-state index contributed by atoms with van der Waals surface area (Å²) in [6, 6.07) is 3.01. The zero-order chi connectivity index (χ0) is 14.1. The van der Waals surface area contributed by atoms with Crippen molar-refractivity contribution in [3.63, 3.8) is 0 Å². The molecule has 0 fully saturated rings. The molecule has 1 amide bonds. The molecule has 0 saturated heterocycles. The molecule has 0 aliphatic carbocycles. The van der Waals surface area contributed by atoms with E-state index in [1.54, 1.807) is 6.07 Å². The van der Waals surface area contributed by atoms with E-state index in [0.29, 0.717) is 16.2 Å². The monoisotopic (exact) mass is 308 g/mol. The molecule has 100 valence electrons. The van der Waals surface area contributed by atoms with Gasteiger partial charge in [-0.05, 0) is 12.1 Å². The molecule has 7 nitrogen and oxygen atoms in total. The van der Waals surface area contributed by atoms with Crippen LogP contribution in [0.5, 0.6) is 0 Å². The van der Waals surface area contributed by atoms with Crippen molar-refractivity contribution in [1.82, 2.24) is 24.9 Å². The van der Waals surface area contributed by atoms with Gasteiger partial charge in [0.15, 0.2) is 10.8 Å². The van der Waals surface area contributed by atoms with Gasteiger partial charge in [-0.1, -0.05) is 23.2 Å². The van der Waals surface area contributed by atoms with Crippen LogP contribution in [0.1, 0.15) is 10.5 Å². The summed E-state index contributed by atoms with van der Waals surface area (Å²) < 4.78 is 0. The Morgan fingerprint density at radius 1 is 1.25 bits per heavy atom. The van der Waals surface area contributed by atoms with Crippen molar-refractivity contribution >= 4 is 46.2 Å². The molecule has 9 heteroatoms. The molecular weight excluding hydrogens is 303 g/mol. The summed E-state index contributed by atoms with van der Waals surface area (Å²) in [5.74, 6) is -0.445. The highest BCUT2D eigenvalue weighted by atomic mass is 35.5. The predicted octanol–water partition coefficient (Wildman–Crippen LogP) is 2.31. The SMILES string of the molecule is O=C(Nc1nc(Cl)c2[nH]cnc2n1)c1cc(Cl)ccn1. The number of rotatable bonds is 2. The van der Waals surface area contributed by atoms with Gasteiger partial charge in [-0.15, -0.1) is 0 Å². The minimum atomic E-state index is -0.488. The number of pyridine rings is 1. The van der Waals surface area contributed by atoms with Crippen molar-refractivity contribution in [2.24, 2.45) is 0 Å². The van der Waals surface area contributed by atoms with Crippen LogP contribution in [0.3, 0.4) is 0 Å². The lowest BCUT2D eigenvalue weighted by Gasteiger charge is -2.03. The number of aromatic amines is 1. The quantitative estimate of drug-likeness (QED) is 0.708. The predicted molar refractivity (Wildman–Crippen MR) is 73.9 cm³/mol. The summed E-state index contributed by atoms with van der Waals surface area (Å²) in [5, 5.41) is 3.07. The van der Waals surface area contributed by atoms with Gasteiger partial charge in [-0.2, -0.15) is 9.97 Å². The van der Waals surface area contributed by atoms with Crippen LogP contribution in [0.25, 0.3) is 11.2 Å². The van der Waals surface area contributed by atoms with E-state index >= 15 is 0 Å². The van der Waals surface area contributed by atoms with Crippen LogP contribution >= 0.6 is 23.2 Å². The van der Waals surface area contributed by atoms with Gasteiger partial charge < -0.3 is 4.98 Å². The van der Waals surface area contributed by atoms with E-state index in [2.05, 4.69) is 30.2 Å². The molecule has 0 radical (unpaired) electrons. The molecule has 3 rings (SSSR count). The van der Waals surface area contributed by atoms with Gasteiger partial charge in [0.1, 0.15) is 11.2 Å². The second-order valence-corrected chi connectivity index (χ2v) is 4.55. The first-order chi connectivity index (χ1) is 9.63. The minimum absolute atomic E-state index is 0.0429. The van der Waals surface area contributed by atoms with Crippen molar-refractivity contribution in [3.8, 4) is 0 Å². The van der Waals surface area contributed by atoms with E-state index in [1.165, 1.54) is 18.6 Å². The van der Waals surface area contributed by atoms with Gasteiger partial charge in [-0.3, -0.25) is 15.1 Å². The lowest BCUT2D eigenvalue weighted by atomic mass is 10.3. The molecule has 0 aliphatic heterocycles. The fourth-order valence-corrected chi connectivity index (χ4v) is 1.93. The Morgan fingerprint density at radius 2 is 2.10 bits per heavy atom. The molecule has 3 aromatic rings. The van der Waals surface area contributed by atoms with Gasteiger partial charge >= 0.3 is 0 Å². The highest BCUT2D eigenvalue weighted by molar-refractivity contribution is 6.33. The number of carbonyl (C=O) groups excluding carboxylic acids is 1. The van der Waals surface area contributed by atoms with Gasteiger partial charge in [0.2, 0.25) is 5.95 Å². The molecular formula is C11H6Cl2N6O. The second kappa shape index (κ2) is 5.03. The van der Waals surface area contributed by atoms with Crippen LogP contribution in [-0.2, 0) is 0 Å². The molecule has 0 aliphatic rings. The van der Waals surface area contributed by atoms with Crippen LogP contribution < -0.4 is 5.32 Å². The normalized spacial score (nSPS) is 10.7. The van der Waals surface area contributed by atoms with Crippen molar-refractivity contribution in [3.05, 3.63) is 40.5 Å². The molecule has 0 bridgehead atoms. The Hall–Kier alpha value is -2.25. The third-order valence-electron chi connectivity index (χ3n) is 2.42. The largest absolute Gasteiger partial charge is 0.341 e. The number of nitrogens with zero attached hydrogens (tertiary/aromatic N) is 4. The molecule has 3 aromatic heterocycles. The number of imidazole rings is 1. The highest BCUT2D eigenvalue weighted by Crippen LogP contribution is 2.18. The zero-order valence-electron chi connectivity index (χ0n) is 9.76. The van der Waals surface area contributed by atoms with Crippen molar-refractivity contribution in [2.75, 3.05) is 5.32 Å². The fraction of sp³-hybridized carbons (Fsp3) is 0. The van der Waals surface area contributed by atoms with Gasteiger partial charge in [0.25, 0.3) is 5.91 Å². The van der Waals surface area contributed by atoms with E-state index in [9.17, 15) is 4.79 Å². The number of amides is 1. The second-order valence-electron chi connectivity index (χ2n) is 3.75. The van der Waals surface area contributed by atoms with Gasteiger partial charge in [0, 0.05) is 11.2 Å². The van der Waals surface area contributed by atoms with Crippen LogP contribution in [0.4, 0.5) is 5.95 Å². The third-order valence-corrected chi connectivity index (χ3v) is 2.93. The summed E-state index contributed by atoms with van der Waals surface area (Å²) in [5.41, 5.74) is 1.02. The maximum absolute atomic E-state index is 12.0. The summed E-state index contributed by atoms with van der Waals surface area (Å²) in [6.45, 7) is 0. The maximum atomic E-state index is 12.0. The number of hydrogen-bond donors (Lipinski definition) is 2. The Balaban J connectivity index is 1.91. The number of H-pyrrole nitrogens is 1. The number of nitrogens with one attached hydrogen (secondary N) is 2. The van der Waals surface area contributed by atoms with Gasteiger partial charge in [-0.25, -0.2) is 4.98 Å². The molecule has 3 heterocycles. The van der Waals surface area contributed by atoms with Crippen LogP contribution in [0, 0.1) is 0 Å². The van der Waals surface area contributed by atoms with E-state index in [4.69, 9.17) is 23.2 Å². The van der Waals surface area contributed by atoms with E-state index < -0.39 is 5.91 Å². The zero-order valence-corrected chi connectivity index (χ0v) is 11.3. The molecule has 0 saturated carbocycles. The highest BCUT2D eigenvalue weighted by Gasteiger charge is 2.13. The number of carbonyl (C=O) groups is 1. The molecule has 20 heavy (non-hydrogen) atoms. The van der Waals surface area contributed by atoms with Gasteiger partial charge in [0.05, 0.1) is 6.33 Å². The lowest BCUT2D eigenvalue weighted by Crippen LogP contribution is -2.15.